The van der Waals surface area contributed by atoms with E-state index >= 15 is 0 Å². The highest BCUT2D eigenvalue weighted by Crippen LogP contribution is 2.69. The minimum atomic E-state index is -0.998. The fraction of sp³-hybridized carbons (Fsp3) is 0.893. The third-order valence-corrected chi connectivity index (χ3v) is 11.5. The Hall–Kier alpha value is -0.830. The average molecular weight is 491 g/mol. The maximum Gasteiger partial charge on any atom is 0.162 e. The zero-order valence-electron chi connectivity index (χ0n) is 22.1. The number of aliphatic hydroxyl groups excluding tert-OH is 2. The van der Waals surface area contributed by atoms with Crippen molar-refractivity contribution in [2.75, 3.05) is 39.4 Å². The van der Waals surface area contributed by atoms with Gasteiger partial charge >= 0.3 is 0 Å². The molecule has 4 aliphatic carbocycles. The fourth-order valence-electron chi connectivity index (χ4n) is 8.92. The third-order valence-electron chi connectivity index (χ3n) is 11.5. The van der Waals surface area contributed by atoms with Gasteiger partial charge in [0.2, 0.25) is 0 Å². The molecule has 5 rings (SSSR count). The molecule has 0 aromatic rings. The Morgan fingerprint density at radius 3 is 2.49 bits per heavy atom. The second kappa shape index (κ2) is 8.88. The van der Waals surface area contributed by atoms with Gasteiger partial charge in [0.25, 0.3) is 0 Å². The third kappa shape index (κ3) is 3.71. The number of rotatable bonds is 5. The van der Waals surface area contributed by atoms with E-state index in [2.05, 4.69) is 31.0 Å². The van der Waals surface area contributed by atoms with Crippen LogP contribution in [0.4, 0.5) is 0 Å². The van der Waals surface area contributed by atoms with Crippen molar-refractivity contribution >= 4 is 5.78 Å². The molecule has 1 heterocycles. The largest absolute Gasteiger partial charge is 0.390 e. The van der Waals surface area contributed by atoms with E-state index in [-0.39, 0.29) is 29.6 Å². The van der Waals surface area contributed by atoms with Crippen LogP contribution >= 0.6 is 0 Å². The smallest absolute Gasteiger partial charge is 0.162 e. The van der Waals surface area contributed by atoms with Gasteiger partial charge in [0.15, 0.2) is 5.78 Å². The summed E-state index contributed by atoms with van der Waals surface area (Å²) in [5, 5.41) is 37.1. The highest BCUT2D eigenvalue weighted by Gasteiger charge is 2.69. The number of aliphatic hydroxyl groups is 3. The standard InChI is InChI=1S/C28H46N2O5/c1-18(29-9-10-30-11-13-35-14-12-30)19-6-8-28(34)21-15-24(33)27(4)17-23(32)22(31)16-26(27,3)20(21)5-7-25(19,28)2/h15,18-20,22-23,29,31-32,34H,5-14,16-17H2,1-4H3/t18?,19?,20?,22?,23?,25?,26?,27?,28-/m1/s1. The number of ether oxygens (including phenoxy) is 1. The van der Waals surface area contributed by atoms with E-state index in [1.54, 1.807) is 6.08 Å². The quantitative estimate of drug-likeness (QED) is 0.467. The van der Waals surface area contributed by atoms with Crippen LogP contribution in [-0.2, 0) is 9.53 Å². The summed E-state index contributed by atoms with van der Waals surface area (Å²) in [6.07, 6.45) is 4.17. The van der Waals surface area contributed by atoms with Crippen LogP contribution in [0.2, 0.25) is 0 Å². The van der Waals surface area contributed by atoms with Gasteiger partial charge in [-0.15, -0.1) is 0 Å². The van der Waals surface area contributed by atoms with Crippen LogP contribution < -0.4 is 5.32 Å². The Labute approximate surface area is 210 Å². The fourth-order valence-corrected chi connectivity index (χ4v) is 8.92. The maximum atomic E-state index is 13.6. The number of ketones is 1. The zero-order chi connectivity index (χ0) is 25.2. The molecule has 9 atom stereocenters. The predicted molar refractivity (Wildman–Crippen MR) is 134 cm³/mol. The number of hydrogen-bond acceptors (Lipinski definition) is 7. The number of allylic oxidation sites excluding steroid dienone is 1. The molecule has 0 aromatic carbocycles. The van der Waals surface area contributed by atoms with Gasteiger partial charge in [-0.2, -0.15) is 0 Å². The lowest BCUT2D eigenvalue weighted by Gasteiger charge is -2.63. The first kappa shape index (κ1) is 25.8. The van der Waals surface area contributed by atoms with Crippen molar-refractivity contribution in [3.8, 4) is 0 Å². The zero-order valence-corrected chi connectivity index (χ0v) is 22.1. The lowest BCUT2D eigenvalue weighted by Crippen LogP contribution is -2.64. The molecule has 0 bridgehead atoms. The highest BCUT2D eigenvalue weighted by molar-refractivity contribution is 5.97. The molecule has 7 nitrogen and oxygen atoms in total. The number of carbonyl (C=O) groups is 1. The molecule has 7 heteroatoms. The molecule has 0 spiro atoms. The molecule has 8 unspecified atom stereocenters. The normalized spacial score (nSPS) is 49.1. The highest BCUT2D eigenvalue weighted by atomic mass is 16.5. The first-order valence-electron chi connectivity index (χ1n) is 13.8. The minimum absolute atomic E-state index is 0.00927. The summed E-state index contributed by atoms with van der Waals surface area (Å²) in [5.74, 6) is 0.387. The number of nitrogens with zero attached hydrogens (tertiary/aromatic N) is 1. The summed E-state index contributed by atoms with van der Waals surface area (Å²) in [6, 6.07) is 0.277. The van der Waals surface area contributed by atoms with Crippen molar-refractivity contribution in [1.82, 2.24) is 10.2 Å². The van der Waals surface area contributed by atoms with Gasteiger partial charge in [-0.1, -0.05) is 20.8 Å². The summed E-state index contributed by atoms with van der Waals surface area (Å²) in [7, 11) is 0. The molecule has 1 saturated heterocycles. The molecule has 0 aromatic heterocycles. The van der Waals surface area contributed by atoms with Crippen LogP contribution in [0.15, 0.2) is 11.6 Å². The van der Waals surface area contributed by atoms with E-state index in [9.17, 15) is 20.1 Å². The second-order valence-corrected chi connectivity index (χ2v) is 13.0. The van der Waals surface area contributed by atoms with Crippen molar-refractivity contribution in [2.45, 2.75) is 90.1 Å². The Balaban J connectivity index is 1.36. The molecule has 0 amide bonds. The Kier molecular flexibility index (Phi) is 6.55. The van der Waals surface area contributed by atoms with Gasteiger partial charge in [-0.05, 0) is 74.3 Å². The predicted octanol–water partition coefficient (Wildman–Crippen LogP) is 1.89. The van der Waals surface area contributed by atoms with Crippen LogP contribution in [0, 0.1) is 28.1 Å². The van der Waals surface area contributed by atoms with E-state index in [0.717, 1.165) is 64.2 Å². The van der Waals surface area contributed by atoms with Crippen molar-refractivity contribution in [3.05, 3.63) is 11.6 Å². The van der Waals surface area contributed by atoms with Gasteiger partial charge in [-0.3, -0.25) is 9.69 Å². The van der Waals surface area contributed by atoms with Crippen LogP contribution in [-0.4, -0.2) is 89.2 Å². The van der Waals surface area contributed by atoms with E-state index in [1.807, 2.05) is 6.92 Å². The molecule has 4 N–H and O–H groups in total. The summed E-state index contributed by atoms with van der Waals surface area (Å²) in [6.45, 7) is 14.1. The second-order valence-electron chi connectivity index (χ2n) is 13.0. The molecule has 1 aliphatic heterocycles. The summed E-state index contributed by atoms with van der Waals surface area (Å²) in [5.41, 5.74) is -1.57. The van der Waals surface area contributed by atoms with E-state index < -0.39 is 28.6 Å². The van der Waals surface area contributed by atoms with Crippen molar-refractivity contribution < 1.29 is 24.9 Å². The lowest BCUT2D eigenvalue weighted by molar-refractivity contribution is -0.175. The van der Waals surface area contributed by atoms with Crippen LogP contribution in [0.5, 0.6) is 0 Å². The first-order valence-corrected chi connectivity index (χ1v) is 13.8. The van der Waals surface area contributed by atoms with Gasteiger partial charge < -0.3 is 25.4 Å². The summed E-state index contributed by atoms with van der Waals surface area (Å²) >= 11 is 0. The summed E-state index contributed by atoms with van der Waals surface area (Å²) < 4.78 is 5.45. The minimum Gasteiger partial charge on any atom is -0.390 e. The molecule has 5 aliphatic rings. The van der Waals surface area contributed by atoms with Crippen molar-refractivity contribution in [2.24, 2.45) is 28.1 Å². The molecule has 35 heavy (non-hydrogen) atoms. The molecule has 198 valence electrons. The van der Waals surface area contributed by atoms with Gasteiger partial charge in [-0.25, -0.2) is 0 Å². The van der Waals surface area contributed by atoms with Gasteiger partial charge in [0.05, 0.1) is 31.0 Å². The van der Waals surface area contributed by atoms with Crippen LogP contribution in [0.1, 0.15) is 66.2 Å². The topological polar surface area (TPSA) is 102 Å². The number of hydrogen-bond donors (Lipinski definition) is 4. The average Bonchev–Trinajstić information content (AvgIpc) is 3.09. The SMILES string of the molecule is CC(NCCN1CCOCC1)C1CC[C@@]2(O)C3=CC(=O)C4(C)CC(O)C(O)CC4(C)C3CCC12C. The van der Waals surface area contributed by atoms with E-state index in [4.69, 9.17) is 4.74 Å². The number of morpholine rings is 1. The lowest BCUT2D eigenvalue weighted by atomic mass is 9.41. The van der Waals surface area contributed by atoms with Gasteiger partial charge in [0, 0.05) is 43.1 Å². The van der Waals surface area contributed by atoms with Crippen molar-refractivity contribution in [1.29, 1.82) is 0 Å². The van der Waals surface area contributed by atoms with E-state index in [1.165, 1.54) is 0 Å². The Morgan fingerprint density at radius 2 is 1.77 bits per heavy atom. The van der Waals surface area contributed by atoms with E-state index in [0.29, 0.717) is 18.8 Å². The number of nitrogens with one attached hydrogen (secondary N) is 1. The van der Waals surface area contributed by atoms with Gasteiger partial charge in [0.1, 0.15) is 0 Å². The monoisotopic (exact) mass is 490 g/mol. The Morgan fingerprint density at radius 1 is 1.09 bits per heavy atom. The summed E-state index contributed by atoms with van der Waals surface area (Å²) in [4.78, 5) is 16.0. The maximum absolute atomic E-state index is 13.6. The van der Waals surface area contributed by atoms with Crippen LogP contribution in [0.3, 0.4) is 0 Å². The first-order chi connectivity index (χ1) is 16.5. The molecule has 0 radical (unpaired) electrons. The molecule has 4 fully saturated rings. The number of fused-ring (bicyclic) bond motifs is 5. The van der Waals surface area contributed by atoms with Crippen molar-refractivity contribution in [3.63, 3.8) is 0 Å². The molecular weight excluding hydrogens is 444 g/mol. The Bertz CT molecular complexity index is 873. The molecular formula is C28H46N2O5. The molecule has 3 saturated carbocycles. The van der Waals surface area contributed by atoms with Crippen LogP contribution in [0.25, 0.3) is 0 Å². The number of carbonyl (C=O) groups excluding carboxylic acids is 1.